The number of carbonyl (C=O) groups is 6. The van der Waals surface area contributed by atoms with Gasteiger partial charge >= 0.3 is 35.8 Å². The highest BCUT2D eigenvalue weighted by Crippen LogP contribution is 2.16. The van der Waals surface area contributed by atoms with Gasteiger partial charge in [-0.05, 0) is 64.2 Å². The minimum atomic E-state index is -0.870. The maximum Gasteiger partial charge on any atom is 0.305 e. The van der Waals surface area contributed by atoms with Gasteiger partial charge in [-0.2, -0.15) is 0 Å². The Morgan fingerprint density at radius 1 is 0.195 bits per heavy atom. The Bertz CT molecular complexity index is 1170. The van der Waals surface area contributed by atoms with Gasteiger partial charge in [0.15, 0.2) is 0 Å². The molecule has 82 heavy (non-hydrogen) atoms. The normalized spacial score (nSPS) is 10.8. The smallest absolute Gasteiger partial charge is 0.305 e. The van der Waals surface area contributed by atoms with Crippen LogP contribution in [0, 0.1) is 0 Å². The molecule has 0 radical (unpaired) electrons. The molecule has 0 aliphatic carbocycles. The molecule has 0 fully saturated rings. The van der Waals surface area contributed by atoms with Gasteiger partial charge in [0.1, 0.15) is 0 Å². The second-order valence-electron chi connectivity index (χ2n) is 23.4. The van der Waals surface area contributed by atoms with Crippen LogP contribution in [0.1, 0.15) is 387 Å². The summed E-state index contributed by atoms with van der Waals surface area (Å²) in [5.41, 5.74) is 0. The molecule has 0 aliphatic rings. The topological polar surface area (TPSA) is 180 Å². The molecule has 0 rings (SSSR count). The zero-order chi connectivity index (χ0) is 60.7. The van der Waals surface area contributed by atoms with E-state index in [1.165, 1.54) is 231 Å². The highest BCUT2D eigenvalue weighted by molar-refractivity contribution is 5.71. The van der Waals surface area contributed by atoms with Crippen molar-refractivity contribution in [1.82, 2.24) is 0 Å². The molecule has 0 aromatic carbocycles. The summed E-state index contributed by atoms with van der Waals surface area (Å²) in [6.45, 7) is 11.2. The average molecular weight is 1170 g/mol. The molecule has 2 N–H and O–H groups in total. The summed E-state index contributed by atoms with van der Waals surface area (Å²) >= 11 is 0. The van der Waals surface area contributed by atoms with Crippen LogP contribution in [0.25, 0.3) is 0 Å². The maximum atomic E-state index is 11.8. The second kappa shape index (κ2) is 73.9. The highest BCUT2D eigenvalue weighted by atomic mass is 16.5. The first-order valence-electron chi connectivity index (χ1n) is 35.1. The van der Waals surface area contributed by atoms with Crippen LogP contribution < -0.4 is 0 Å². The number of rotatable bonds is 63. The molecule has 0 amide bonds. The van der Waals surface area contributed by atoms with Crippen LogP contribution in [0.2, 0.25) is 0 Å². The van der Waals surface area contributed by atoms with Crippen molar-refractivity contribution < 1.29 is 57.9 Å². The lowest BCUT2D eigenvalue weighted by molar-refractivity contribution is -0.146. The molecule has 0 spiro atoms. The van der Waals surface area contributed by atoms with Gasteiger partial charge in [0.25, 0.3) is 0 Å². The highest BCUT2D eigenvalue weighted by Gasteiger charge is 2.09. The third kappa shape index (κ3) is 81.0. The van der Waals surface area contributed by atoms with E-state index in [-0.39, 0.29) is 36.7 Å². The molecule has 486 valence electrons. The lowest BCUT2D eigenvalue weighted by Gasteiger charge is -2.06. The molecule has 0 aliphatic heterocycles. The molecule has 0 heterocycles. The Hall–Kier alpha value is -3.18. The van der Waals surface area contributed by atoms with Gasteiger partial charge < -0.3 is 29.2 Å². The van der Waals surface area contributed by atoms with Crippen LogP contribution in [-0.2, 0) is 47.7 Å². The summed E-state index contributed by atoms with van der Waals surface area (Å²) in [6, 6.07) is 0. The Morgan fingerprint density at radius 3 is 0.476 bits per heavy atom. The van der Waals surface area contributed by atoms with Gasteiger partial charge in [0.05, 0.1) is 26.4 Å². The first kappa shape index (κ1) is 83.0. The zero-order valence-electron chi connectivity index (χ0n) is 54.4. The first-order valence-corrected chi connectivity index (χ1v) is 35.1. The number of esters is 4. The van der Waals surface area contributed by atoms with E-state index in [0.717, 1.165) is 51.4 Å². The van der Waals surface area contributed by atoms with E-state index in [1.807, 2.05) is 0 Å². The zero-order valence-corrected chi connectivity index (χ0v) is 54.4. The van der Waals surface area contributed by atoms with Crippen LogP contribution in [0.15, 0.2) is 0 Å². The molecule has 0 unspecified atom stereocenters. The van der Waals surface area contributed by atoms with Gasteiger partial charge in [-0.15, -0.1) is 0 Å². The summed E-state index contributed by atoms with van der Waals surface area (Å²) in [5, 5.41) is 16.3. The molecule has 0 saturated carbocycles. The fourth-order valence-corrected chi connectivity index (χ4v) is 9.73. The molecular weight excluding hydrogens is 1030 g/mol. The van der Waals surface area contributed by atoms with E-state index in [1.54, 1.807) is 0 Å². The minimum Gasteiger partial charge on any atom is -0.481 e. The molecule has 0 saturated heterocycles. The molecule has 0 bridgehead atoms. The number of aliphatic carboxylic acids is 2. The minimum absolute atomic E-state index is 0.0628. The predicted molar refractivity (Wildman–Crippen MR) is 340 cm³/mol. The molecule has 12 nitrogen and oxygen atoms in total. The predicted octanol–water partition coefficient (Wildman–Crippen LogP) is 21.2. The van der Waals surface area contributed by atoms with Crippen LogP contribution >= 0.6 is 0 Å². The van der Waals surface area contributed by atoms with Gasteiger partial charge in [-0.3, -0.25) is 28.8 Å². The number of carboxylic acids is 2. The van der Waals surface area contributed by atoms with Gasteiger partial charge in [-0.25, -0.2) is 0 Å². The quantitative estimate of drug-likeness (QED) is 0.0335. The number of carboxylic acid groups (broad SMARTS) is 2. The largest absolute Gasteiger partial charge is 0.481 e. The van der Waals surface area contributed by atoms with E-state index < -0.39 is 11.9 Å². The molecular formula is C70H134O12. The maximum absolute atomic E-state index is 11.8. The van der Waals surface area contributed by atoms with E-state index in [9.17, 15) is 28.8 Å². The fourth-order valence-electron chi connectivity index (χ4n) is 9.73. The number of carbonyl (C=O) groups excluding carboxylic acids is 4. The fraction of sp³-hybridized carbons (Fsp3) is 0.914. The summed E-state index contributed by atoms with van der Waals surface area (Å²) in [4.78, 5) is 67.1. The Balaban J connectivity index is -0.00000130. The SMILES string of the molecule is CCCCCCCCCCCCCOC(=O)CCCCC(=O)OCCCCCCCCCCCCC.CCCCCCCCCCCCCOC(=O)CCCCC(=O)OCCCCCCCCCCCCC.O=C(O)CCCCC(=O)O. The Morgan fingerprint density at radius 2 is 0.329 bits per heavy atom. The standard InChI is InChI=1S/2C32H62O4.C6H10O4/c2*1-3-5-7-9-11-13-15-17-19-21-25-29-35-31(33)27-23-24-28-32(34)36-30-26-22-20-18-16-14-12-10-8-6-4-2;7-5(8)3-1-2-4-6(9)10/h2*3-30H2,1-2H3;1-4H2,(H,7,8)(H,9,10). The van der Waals surface area contributed by atoms with Gasteiger partial charge in [0.2, 0.25) is 0 Å². The van der Waals surface area contributed by atoms with Crippen molar-refractivity contribution in [2.75, 3.05) is 26.4 Å². The van der Waals surface area contributed by atoms with Crippen LogP contribution in [0.4, 0.5) is 0 Å². The number of hydrogen-bond donors (Lipinski definition) is 2. The third-order valence-corrected chi connectivity index (χ3v) is 15.1. The van der Waals surface area contributed by atoms with E-state index >= 15 is 0 Å². The third-order valence-electron chi connectivity index (χ3n) is 15.1. The summed E-state index contributed by atoms with van der Waals surface area (Å²) < 4.78 is 21.3. The second-order valence-corrected chi connectivity index (χ2v) is 23.4. The molecule has 0 aromatic rings. The van der Waals surface area contributed by atoms with Crippen LogP contribution in [0.5, 0.6) is 0 Å². The summed E-state index contributed by atoms with van der Waals surface area (Å²) in [7, 11) is 0. The molecule has 0 aromatic heterocycles. The lowest BCUT2D eigenvalue weighted by Crippen LogP contribution is -2.08. The monoisotopic (exact) mass is 1170 g/mol. The van der Waals surface area contributed by atoms with Crippen molar-refractivity contribution in [3.8, 4) is 0 Å². The van der Waals surface area contributed by atoms with Crippen molar-refractivity contribution >= 4 is 35.8 Å². The Labute approximate surface area is 505 Å². The molecule has 0 atom stereocenters. The van der Waals surface area contributed by atoms with Crippen molar-refractivity contribution in [2.45, 2.75) is 387 Å². The Kier molecular flexibility index (Phi) is 74.9. The average Bonchev–Trinajstić information content (AvgIpc) is 3.45. The first-order chi connectivity index (χ1) is 40.0. The summed E-state index contributed by atoms with van der Waals surface area (Å²) in [6.07, 6.45) is 62.4. The lowest BCUT2D eigenvalue weighted by atomic mass is 10.1. The van der Waals surface area contributed by atoms with Crippen molar-refractivity contribution in [3.05, 3.63) is 0 Å². The number of ether oxygens (including phenoxy) is 4. The van der Waals surface area contributed by atoms with Gasteiger partial charge in [-0.1, -0.05) is 285 Å². The van der Waals surface area contributed by atoms with E-state index in [0.29, 0.717) is 90.6 Å². The van der Waals surface area contributed by atoms with E-state index in [2.05, 4.69) is 27.7 Å². The molecule has 12 heteroatoms. The number of hydrogen-bond acceptors (Lipinski definition) is 10. The van der Waals surface area contributed by atoms with Crippen molar-refractivity contribution in [1.29, 1.82) is 0 Å². The van der Waals surface area contributed by atoms with Crippen molar-refractivity contribution in [2.24, 2.45) is 0 Å². The number of unbranched alkanes of at least 4 members (excludes halogenated alkanes) is 43. The van der Waals surface area contributed by atoms with Crippen LogP contribution in [0.3, 0.4) is 0 Å². The van der Waals surface area contributed by atoms with E-state index in [4.69, 9.17) is 29.2 Å². The van der Waals surface area contributed by atoms with Crippen LogP contribution in [-0.4, -0.2) is 72.5 Å². The summed E-state index contributed by atoms with van der Waals surface area (Å²) in [5.74, 6) is -2.25. The van der Waals surface area contributed by atoms with Gasteiger partial charge in [0, 0.05) is 38.5 Å². The van der Waals surface area contributed by atoms with Crippen molar-refractivity contribution in [3.63, 3.8) is 0 Å².